The molecule has 1 aliphatic heterocycles. The summed E-state index contributed by atoms with van der Waals surface area (Å²) in [6.07, 6.45) is 4.75. The molecule has 1 aliphatic rings. The number of benzene rings is 1. The monoisotopic (exact) mass is 211 g/mol. The Hall–Kier alpha value is -1.83. The van der Waals surface area contributed by atoms with E-state index >= 15 is 0 Å². The van der Waals surface area contributed by atoms with Crippen LogP contribution in [0.5, 0.6) is 5.75 Å². The first-order valence-electron chi connectivity index (χ1n) is 5.57. The number of nitrogens with zero attached hydrogens (tertiary/aromatic N) is 1. The fourth-order valence-electron chi connectivity index (χ4n) is 2.28. The average molecular weight is 211 g/mol. The van der Waals surface area contributed by atoms with Crippen LogP contribution in [0.3, 0.4) is 0 Å². The number of pyridine rings is 1. The molecule has 1 aromatic heterocycles. The molecule has 0 aliphatic carbocycles. The topological polar surface area (TPSA) is 22.1 Å². The van der Waals surface area contributed by atoms with Crippen molar-refractivity contribution in [1.82, 2.24) is 4.98 Å². The molecule has 0 saturated carbocycles. The van der Waals surface area contributed by atoms with Gasteiger partial charge in [-0.3, -0.25) is 4.98 Å². The highest BCUT2D eigenvalue weighted by atomic mass is 16.5. The molecule has 16 heavy (non-hydrogen) atoms. The molecule has 2 nitrogen and oxygen atoms in total. The largest absolute Gasteiger partial charge is 0.493 e. The molecule has 2 heteroatoms. The van der Waals surface area contributed by atoms with E-state index in [9.17, 15) is 0 Å². The highest BCUT2D eigenvalue weighted by molar-refractivity contribution is 5.42. The Kier molecular flexibility index (Phi) is 2.33. The lowest BCUT2D eigenvalue weighted by Gasteiger charge is -2.26. The van der Waals surface area contributed by atoms with Gasteiger partial charge in [-0.05, 0) is 30.2 Å². The minimum atomic E-state index is 0.452. The van der Waals surface area contributed by atoms with Crippen LogP contribution in [0, 0.1) is 0 Å². The van der Waals surface area contributed by atoms with Crippen molar-refractivity contribution in [3.8, 4) is 5.75 Å². The second-order valence-corrected chi connectivity index (χ2v) is 4.01. The minimum Gasteiger partial charge on any atom is -0.493 e. The van der Waals surface area contributed by atoms with Crippen molar-refractivity contribution in [3.05, 3.63) is 59.9 Å². The number of ether oxygens (including phenoxy) is 1. The van der Waals surface area contributed by atoms with Crippen LogP contribution in [0.2, 0.25) is 0 Å². The second-order valence-electron chi connectivity index (χ2n) is 4.01. The third-order valence-electron chi connectivity index (χ3n) is 3.07. The fourth-order valence-corrected chi connectivity index (χ4v) is 2.28. The molecule has 1 atom stereocenters. The molecule has 2 aromatic rings. The molecule has 0 N–H and O–H groups in total. The van der Waals surface area contributed by atoms with Crippen molar-refractivity contribution in [2.45, 2.75) is 12.3 Å². The van der Waals surface area contributed by atoms with Gasteiger partial charge in [-0.2, -0.15) is 0 Å². The fraction of sp³-hybridized carbons (Fsp3) is 0.214. The van der Waals surface area contributed by atoms with Crippen molar-refractivity contribution in [1.29, 1.82) is 0 Å². The molecule has 0 amide bonds. The summed E-state index contributed by atoms with van der Waals surface area (Å²) < 4.78 is 5.66. The molecule has 0 bridgehead atoms. The molecule has 0 spiro atoms. The maximum absolute atomic E-state index is 5.66. The summed E-state index contributed by atoms with van der Waals surface area (Å²) in [5, 5.41) is 0. The smallest absolute Gasteiger partial charge is 0.123 e. The Balaban J connectivity index is 2.05. The van der Waals surface area contributed by atoms with E-state index in [0.717, 1.165) is 18.8 Å². The summed E-state index contributed by atoms with van der Waals surface area (Å²) in [6, 6.07) is 12.5. The van der Waals surface area contributed by atoms with Gasteiger partial charge in [0.25, 0.3) is 0 Å². The quantitative estimate of drug-likeness (QED) is 0.723. The average Bonchev–Trinajstić information content (AvgIpc) is 2.39. The van der Waals surface area contributed by atoms with Crippen LogP contribution in [-0.4, -0.2) is 11.6 Å². The van der Waals surface area contributed by atoms with Crippen molar-refractivity contribution in [2.75, 3.05) is 6.61 Å². The van der Waals surface area contributed by atoms with Gasteiger partial charge in [0.15, 0.2) is 0 Å². The van der Waals surface area contributed by atoms with Crippen LogP contribution >= 0.6 is 0 Å². The summed E-state index contributed by atoms with van der Waals surface area (Å²) in [7, 11) is 0. The molecular formula is C14H13NO. The Bertz CT molecular complexity index is 481. The SMILES string of the molecule is c1ccc2c(c1)OCCC2c1ccncc1. The van der Waals surface area contributed by atoms with Gasteiger partial charge in [0, 0.05) is 23.9 Å². The van der Waals surface area contributed by atoms with Crippen LogP contribution < -0.4 is 4.74 Å². The third-order valence-corrected chi connectivity index (χ3v) is 3.07. The molecule has 0 saturated heterocycles. The van der Waals surface area contributed by atoms with Crippen LogP contribution in [0.15, 0.2) is 48.8 Å². The number of para-hydroxylation sites is 1. The van der Waals surface area contributed by atoms with Crippen LogP contribution in [0.25, 0.3) is 0 Å². The highest BCUT2D eigenvalue weighted by Crippen LogP contribution is 2.37. The lowest BCUT2D eigenvalue weighted by Crippen LogP contribution is -2.14. The summed E-state index contributed by atoms with van der Waals surface area (Å²) >= 11 is 0. The maximum Gasteiger partial charge on any atom is 0.123 e. The van der Waals surface area contributed by atoms with Crippen LogP contribution in [0.4, 0.5) is 0 Å². The van der Waals surface area contributed by atoms with Crippen LogP contribution in [-0.2, 0) is 0 Å². The Morgan fingerprint density at radius 1 is 1.06 bits per heavy atom. The van der Waals surface area contributed by atoms with Gasteiger partial charge >= 0.3 is 0 Å². The van der Waals surface area contributed by atoms with E-state index in [-0.39, 0.29) is 0 Å². The predicted octanol–water partition coefficient (Wildman–Crippen LogP) is 3.00. The summed E-state index contributed by atoms with van der Waals surface area (Å²) in [5.74, 6) is 1.48. The first kappa shape index (κ1) is 9.40. The molecule has 0 fully saturated rings. The number of hydrogen-bond donors (Lipinski definition) is 0. The zero-order valence-electron chi connectivity index (χ0n) is 8.97. The standard InChI is InChI=1S/C14H13NO/c1-2-4-14-13(3-1)12(7-10-16-14)11-5-8-15-9-6-11/h1-6,8-9,12H,7,10H2. The van der Waals surface area contributed by atoms with E-state index in [2.05, 4.69) is 29.2 Å². The van der Waals surface area contributed by atoms with E-state index in [1.165, 1.54) is 11.1 Å². The number of rotatable bonds is 1. The van der Waals surface area contributed by atoms with E-state index < -0.39 is 0 Å². The molecule has 1 unspecified atom stereocenters. The van der Waals surface area contributed by atoms with Crippen molar-refractivity contribution >= 4 is 0 Å². The van der Waals surface area contributed by atoms with Gasteiger partial charge in [-0.25, -0.2) is 0 Å². The molecule has 1 aromatic carbocycles. The molecule has 80 valence electrons. The Morgan fingerprint density at radius 3 is 2.75 bits per heavy atom. The summed E-state index contributed by atoms with van der Waals surface area (Å²) in [5.41, 5.74) is 2.62. The number of aromatic nitrogens is 1. The third kappa shape index (κ3) is 1.56. The van der Waals surface area contributed by atoms with Gasteiger partial charge in [-0.1, -0.05) is 18.2 Å². The van der Waals surface area contributed by atoms with E-state index in [4.69, 9.17) is 4.74 Å². The van der Waals surface area contributed by atoms with Gasteiger partial charge in [0.2, 0.25) is 0 Å². The Labute approximate surface area is 94.9 Å². The lowest BCUT2D eigenvalue weighted by molar-refractivity contribution is 0.277. The summed E-state index contributed by atoms with van der Waals surface area (Å²) in [4.78, 5) is 4.06. The normalized spacial score (nSPS) is 18.6. The van der Waals surface area contributed by atoms with Crippen molar-refractivity contribution in [2.24, 2.45) is 0 Å². The molecule has 2 heterocycles. The van der Waals surface area contributed by atoms with E-state index in [1.807, 2.05) is 24.5 Å². The first-order chi connectivity index (χ1) is 7.95. The zero-order valence-corrected chi connectivity index (χ0v) is 8.97. The van der Waals surface area contributed by atoms with Crippen LogP contribution in [0.1, 0.15) is 23.5 Å². The predicted molar refractivity (Wildman–Crippen MR) is 62.6 cm³/mol. The van der Waals surface area contributed by atoms with Crippen molar-refractivity contribution < 1.29 is 4.74 Å². The lowest BCUT2D eigenvalue weighted by atomic mass is 9.87. The van der Waals surface area contributed by atoms with E-state index in [0.29, 0.717) is 5.92 Å². The Morgan fingerprint density at radius 2 is 1.88 bits per heavy atom. The number of fused-ring (bicyclic) bond motifs is 1. The first-order valence-corrected chi connectivity index (χ1v) is 5.57. The van der Waals surface area contributed by atoms with Gasteiger partial charge in [-0.15, -0.1) is 0 Å². The van der Waals surface area contributed by atoms with Crippen molar-refractivity contribution in [3.63, 3.8) is 0 Å². The second kappa shape index (κ2) is 3.97. The molecular weight excluding hydrogens is 198 g/mol. The van der Waals surface area contributed by atoms with Gasteiger partial charge in [0.1, 0.15) is 5.75 Å². The minimum absolute atomic E-state index is 0.452. The van der Waals surface area contributed by atoms with Gasteiger partial charge in [0.05, 0.1) is 6.61 Å². The van der Waals surface area contributed by atoms with Gasteiger partial charge < -0.3 is 4.74 Å². The zero-order chi connectivity index (χ0) is 10.8. The van der Waals surface area contributed by atoms with E-state index in [1.54, 1.807) is 0 Å². The number of hydrogen-bond acceptors (Lipinski definition) is 2. The maximum atomic E-state index is 5.66. The molecule has 0 radical (unpaired) electrons. The highest BCUT2D eigenvalue weighted by Gasteiger charge is 2.22. The summed E-state index contributed by atoms with van der Waals surface area (Å²) in [6.45, 7) is 0.796. The molecule has 3 rings (SSSR count).